The van der Waals surface area contributed by atoms with Crippen LogP contribution in [0.1, 0.15) is 152 Å². The molecule has 1 aromatic heterocycles. The van der Waals surface area contributed by atoms with Crippen molar-refractivity contribution in [3.8, 4) is 0 Å². The van der Waals surface area contributed by atoms with Gasteiger partial charge in [0.2, 0.25) is 0 Å². The number of anilines is 1. The van der Waals surface area contributed by atoms with Crippen molar-refractivity contribution in [1.29, 1.82) is 0 Å². The Hall–Kier alpha value is -2.80. The Morgan fingerprint density at radius 1 is 0.614 bits per heavy atom. The van der Waals surface area contributed by atoms with Crippen molar-refractivity contribution in [3.63, 3.8) is 0 Å². The van der Waals surface area contributed by atoms with Crippen LogP contribution in [0.5, 0.6) is 0 Å². The summed E-state index contributed by atoms with van der Waals surface area (Å²) in [4.78, 5) is 4.75. The summed E-state index contributed by atoms with van der Waals surface area (Å²) >= 11 is 1.19. The molecule has 7 rings (SSSR count). The first-order valence-electron chi connectivity index (χ1n) is 20.8. The molecule has 0 saturated carbocycles. The first-order chi connectivity index (χ1) is 26.7. The molecule has 2 aliphatic carbocycles. The fourth-order valence-corrected chi connectivity index (χ4v) is 11.8. The van der Waals surface area contributed by atoms with E-state index in [1.165, 1.54) is 73.1 Å². The molecule has 0 amide bonds. The van der Waals surface area contributed by atoms with Crippen molar-refractivity contribution in [1.82, 2.24) is 4.98 Å². The van der Waals surface area contributed by atoms with Crippen LogP contribution in [0.25, 0.3) is 0 Å². The van der Waals surface area contributed by atoms with Gasteiger partial charge in [0.25, 0.3) is 0 Å². The van der Waals surface area contributed by atoms with Crippen molar-refractivity contribution >= 4 is 39.1 Å². The summed E-state index contributed by atoms with van der Waals surface area (Å²) in [6.07, 6.45) is 6.45. The molecule has 306 valence electrons. The molecule has 1 spiro atoms. The quantitative estimate of drug-likeness (QED) is 0.172. The Kier molecular flexibility index (Phi) is 12.5. The Bertz CT molecular complexity index is 2100. The summed E-state index contributed by atoms with van der Waals surface area (Å²) in [5.41, 5.74) is 15.6. The summed E-state index contributed by atoms with van der Waals surface area (Å²) in [5.74, 6) is 0. The third kappa shape index (κ3) is 8.90. The van der Waals surface area contributed by atoms with E-state index < -0.39 is 7.92 Å². The second-order valence-electron chi connectivity index (χ2n) is 20.7. The zero-order valence-electron chi connectivity index (χ0n) is 36.8. The van der Waals surface area contributed by atoms with Gasteiger partial charge in [-0.15, -0.1) is 0 Å². The van der Waals surface area contributed by atoms with Crippen LogP contribution in [-0.2, 0) is 64.4 Å². The van der Waals surface area contributed by atoms with Crippen LogP contribution >= 0.6 is 17.5 Å². The number of nitrogens with zero attached hydrogens (tertiary/aromatic N) is 1. The zero-order chi connectivity index (χ0) is 41.7. The first-order valence-corrected chi connectivity index (χ1v) is 25.5. The van der Waals surface area contributed by atoms with Crippen LogP contribution in [0.15, 0.2) is 91.1 Å². The van der Waals surface area contributed by atoms with E-state index in [-0.39, 0.29) is 27.1 Å². The van der Waals surface area contributed by atoms with Crippen LogP contribution in [0.4, 0.5) is 5.69 Å². The molecular weight excluding hydrogens is 911 g/mol. The fourth-order valence-electron chi connectivity index (χ4n) is 9.02. The molecule has 1 heterocycles. The van der Waals surface area contributed by atoms with E-state index >= 15 is 0 Å². The number of nitrogens with one attached hydrogen (secondary N) is 1. The molecule has 2 nitrogen and oxygen atoms in total. The molecule has 0 fully saturated rings. The molecule has 5 heteroatoms. The number of hydrogen-bond donors (Lipinski definition) is 1. The van der Waals surface area contributed by atoms with Gasteiger partial charge >= 0.3 is 27.5 Å². The fraction of sp³-hybridized carbons (Fsp3) is 0.442. The minimum atomic E-state index is -0.922. The SMILES string of the molecule is Cc1cccnc1CNc1cccc2c1[C@]1(CC2)CCc2cccc(P(c3cc(C(C)(C)C)cc(C(C)(C)C)c3)c3cc(C(C)(C)C)cc(C(C)(C)C)c3)c21.[Cl][IrH2]. The van der Waals surface area contributed by atoms with Crippen molar-refractivity contribution < 1.29 is 17.9 Å². The van der Waals surface area contributed by atoms with Gasteiger partial charge in [0.1, 0.15) is 0 Å². The Morgan fingerprint density at radius 3 is 1.53 bits per heavy atom. The topological polar surface area (TPSA) is 24.9 Å². The molecule has 0 unspecified atom stereocenters. The van der Waals surface area contributed by atoms with E-state index in [2.05, 4.69) is 174 Å². The molecule has 57 heavy (non-hydrogen) atoms. The normalized spacial score (nSPS) is 16.7. The molecular formula is C52H67ClIrN2P. The van der Waals surface area contributed by atoms with Gasteiger partial charge in [0.15, 0.2) is 0 Å². The van der Waals surface area contributed by atoms with Gasteiger partial charge < -0.3 is 5.32 Å². The maximum absolute atomic E-state index is 4.75. The van der Waals surface area contributed by atoms with Gasteiger partial charge in [-0.1, -0.05) is 156 Å². The van der Waals surface area contributed by atoms with E-state index in [0.717, 1.165) is 37.9 Å². The molecule has 5 aromatic rings. The van der Waals surface area contributed by atoms with Crippen LogP contribution < -0.4 is 21.2 Å². The van der Waals surface area contributed by atoms with E-state index in [0.29, 0.717) is 0 Å². The van der Waals surface area contributed by atoms with Crippen molar-refractivity contribution in [2.45, 2.75) is 149 Å². The molecule has 1 atom stereocenters. The average Bonchev–Trinajstić information content (AvgIpc) is 3.72. The number of aryl methyl sites for hydroxylation is 3. The monoisotopic (exact) mass is 978 g/mol. The second-order valence-corrected chi connectivity index (χ2v) is 22.9. The summed E-state index contributed by atoms with van der Waals surface area (Å²) in [6.45, 7) is 31.4. The summed E-state index contributed by atoms with van der Waals surface area (Å²) in [7, 11) is 3.77. The van der Waals surface area contributed by atoms with Crippen LogP contribution in [0.2, 0.25) is 0 Å². The summed E-state index contributed by atoms with van der Waals surface area (Å²) < 4.78 is 0. The predicted molar refractivity (Wildman–Crippen MR) is 249 cm³/mol. The van der Waals surface area contributed by atoms with Gasteiger partial charge in [-0.05, 0) is 140 Å². The number of aromatic nitrogens is 1. The third-order valence-corrected chi connectivity index (χ3v) is 14.9. The minimum absolute atomic E-state index is 0.0254. The van der Waals surface area contributed by atoms with Crippen molar-refractivity contribution in [2.75, 3.05) is 5.32 Å². The molecule has 1 N–H and O–H groups in total. The summed E-state index contributed by atoms with van der Waals surface area (Å²) in [6, 6.07) is 33.9. The van der Waals surface area contributed by atoms with E-state index in [4.69, 9.17) is 14.6 Å². The number of pyridine rings is 1. The van der Waals surface area contributed by atoms with Gasteiger partial charge in [-0.2, -0.15) is 0 Å². The predicted octanol–water partition coefficient (Wildman–Crippen LogP) is 12.3. The van der Waals surface area contributed by atoms with Crippen LogP contribution in [-0.4, -0.2) is 4.98 Å². The Morgan fingerprint density at radius 2 is 1.07 bits per heavy atom. The van der Waals surface area contributed by atoms with E-state index in [1.807, 2.05) is 12.3 Å². The van der Waals surface area contributed by atoms with E-state index in [1.54, 1.807) is 16.4 Å². The number of halogens is 1. The van der Waals surface area contributed by atoms with Crippen molar-refractivity contribution in [3.05, 3.63) is 147 Å². The Labute approximate surface area is 361 Å². The average molecular weight is 979 g/mol. The molecule has 2 aliphatic rings. The van der Waals surface area contributed by atoms with Gasteiger partial charge in [-0.3, -0.25) is 4.98 Å². The summed E-state index contributed by atoms with van der Waals surface area (Å²) in [5, 5.41) is 8.43. The number of benzene rings is 4. The van der Waals surface area contributed by atoms with Crippen LogP contribution in [0.3, 0.4) is 0 Å². The third-order valence-electron chi connectivity index (χ3n) is 12.5. The van der Waals surface area contributed by atoms with Gasteiger partial charge in [-0.25, -0.2) is 0 Å². The zero-order valence-corrected chi connectivity index (χ0v) is 41.2. The molecule has 0 saturated heterocycles. The number of fused-ring (bicyclic) bond motifs is 4. The first kappa shape index (κ1) is 43.8. The van der Waals surface area contributed by atoms with E-state index in [9.17, 15) is 0 Å². The van der Waals surface area contributed by atoms with Crippen LogP contribution in [0, 0.1) is 6.92 Å². The van der Waals surface area contributed by atoms with Gasteiger partial charge in [0, 0.05) is 17.3 Å². The standard InChI is InChI=1S/C52H65N2P.ClH.Ir.2H/c1-34-17-16-26-53-44(34)33-54-43-20-14-18-35-22-24-52(46(35)43)25-23-36-19-15-21-45(47(36)52)55(41-29-37(48(2,3)4)27-38(30-41)49(5,6)7)42-31-39(50(8,9)10)28-40(32-42)51(11,12)13;;;;/h14-21,26-32,54H,22-25,33H2,1-13H3;1H;;;/q;;+1;;/p-1/t52-;;;;/m0..../s1. The van der Waals surface area contributed by atoms with Crippen molar-refractivity contribution in [2.24, 2.45) is 0 Å². The molecule has 0 bridgehead atoms. The molecule has 0 radical (unpaired) electrons. The number of hydrogen-bond acceptors (Lipinski definition) is 2. The maximum atomic E-state index is 4.75. The van der Waals surface area contributed by atoms with Gasteiger partial charge in [0.05, 0.1) is 12.2 Å². The second kappa shape index (κ2) is 16.3. The molecule has 0 aliphatic heterocycles. The number of rotatable bonds is 6. The Balaban J connectivity index is 0.00000270. The molecule has 4 aromatic carbocycles.